The van der Waals surface area contributed by atoms with E-state index in [4.69, 9.17) is 0 Å². The average molecular weight is 406 g/mol. The summed E-state index contributed by atoms with van der Waals surface area (Å²) >= 11 is 0. The fraction of sp³-hybridized carbons (Fsp3) is 0.278. The van der Waals surface area contributed by atoms with Gasteiger partial charge in [0, 0.05) is 28.2 Å². The number of nitrogens with one attached hydrogen (secondary N) is 1. The summed E-state index contributed by atoms with van der Waals surface area (Å²) in [7, 11) is -4.46. The number of allylic oxidation sites excluding steroid dienone is 3. The van der Waals surface area contributed by atoms with E-state index in [1.807, 2.05) is 36.4 Å². The zero-order chi connectivity index (χ0) is 19.6. The normalized spacial score (nSPS) is 15.9. The Morgan fingerprint density at radius 3 is 2.33 bits per heavy atom. The van der Waals surface area contributed by atoms with E-state index in [1.165, 1.54) is 10.7 Å². The summed E-state index contributed by atoms with van der Waals surface area (Å²) in [5.74, 6) is -0.262. The molecule has 1 atom stereocenters. The molecule has 9 heteroatoms. The zero-order valence-corrected chi connectivity index (χ0v) is 16.1. The van der Waals surface area contributed by atoms with E-state index in [1.54, 1.807) is 6.08 Å². The summed E-state index contributed by atoms with van der Waals surface area (Å²) in [6.45, 7) is 0. The van der Waals surface area contributed by atoms with Crippen LogP contribution < -0.4 is 5.32 Å². The fourth-order valence-electron chi connectivity index (χ4n) is 2.75. The minimum Gasteiger partial charge on any atom is -0.361 e. The largest absolute Gasteiger partial charge is 0.361 e. The molecule has 0 aliphatic heterocycles. The molecule has 1 aliphatic carbocycles. The lowest BCUT2D eigenvalue weighted by Crippen LogP contribution is -2.20. The molecule has 1 unspecified atom stereocenters. The molecule has 1 N–H and O–H groups in total. The molecule has 0 saturated heterocycles. The number of nitrogens with zero attached hydrogens (tertiary/aromatic N) is 2. The van der Waals surface area contributed by atoms with Crippen molar-refractivity contribution in [3.05, 3.63) is 59.3 Å². The number of anilines is 1. The van der Waals surface area contributed by atoms with E-state index in [2.05, 4.69) is 10.1 Å². The molecular formula is C18H19N3O4S2. The molecule has 0 fully saturated rings. The average Bonchev–Trinajstić information content (AvgIpc) is 2.63. The van der Waals surface area contributed by atoms with Crippen LogP contribution in [0.15, 0.2) is 53.8 Å². The Balaban J connectivity index is 2.30. The van der Waals surface area contributed by atoms with Gasteiger partial charge >= 0.3 is 0 Å². The number of hydrogen-bond acceptors (Lipinski definition) is 5. The molecule has 1 aromatic rings. The standard InChI is InChI=1S/C18H19N3O4S2/c19-21-18-13-14(6-4-10-26(22)23)17(20-16-8-2-1-3-9-16)12-15(18)7-5-11-27(24)25/h1-3,8-13,15,20H,4-7H2. The molecule has 0 saturated carbocycles. The Kier molecular flexibility index (Phi) is 7.94. The number of rotatable bonds is 8. The van der Waals surface area contributed by atoms with Crippen molar-refractivity contribution >= 4 is 42.7 Å². The second-order valence-corrected chi connectivity index (χ2v) is 7.55. The maximum atomic E-state index is 10.7. The molecule has 2 rings (SSSR count). The van der Waals surface area contributed by atoms with Gasteiger partial charge in [-0.05, 0) is 49.5 Å². The molecule has 0 aromatic heterocycles. The quantitative estimate of drug-likeness (QED) is 0.404. The Morgan fingerprint density at radius 2 is 1.70 bits per heavy atom. The van der Waals surface area contributed by atoms with E-state index >= 15 is 0 Å². The van der Waals surface area contributed by atoms with Gasteiger partial charge in [0.15, 0.2) is 0 Å². The second-order valence-electron chi connectivity index (χ2n) is 5.84. The first-order valence-corrected chi connectivity index (χ1v) is 10.6. The van der Waals surface area contributed by atoms with Gasteiger partial charge in [-0.15, -0.1) is 0 Å². The third-order valence-corrected chi connectivity index (χ3v) is 5.00. The first-order chi connectivity index (χ1) is 13.0. The van der Waals surface area contributed by atoms with Crippen LogP contribution in [0.5, 0.6) is 0 Å². The summed E-state index contributed by atoms with van der Waals surface area (Å²) in [5, 5.41) is 5.65. The van der Waals surface area contributed by atoms with Crippen molar-refractivity contribution in [2.75, 3.05) is 5.32 Å². The lowest BCUT2D eigenvalue weighted by Gasteiger charge is -2.20. The Bertz CT molecular complexity index is 1050. The molecule has 0 bridgehead atoms. The van der Waals surface area contributed by atoms with Gasteiger partial charge in [0.25, 0.3) is 5.71 Å². The van der Waals surface area contributed by atoms with Crippen LogP contribution in [0, 0.1) is 5.92 Å². The number of hydrogen-bond donors (Lipinski definition) is 1. The maximum absolute atomic E-state index is 10.7. The van der Waals surface area contributed by atoms with Crippen LogP contribution in [-0.4, -0.2) is 38.1 Å². The van der Waals surface area contributed by atoms with Gasteiger partial charge in [-0.2, -0.15) is 21.6 Å². The summed E-state index contributed by atoms with van der Waals surface area (Å²) < 4.78 is 42.9. The predicted octanol–water partition coefficient (Wildman–Crippen LogP) is 2.13. The van der Waals surface area contributed by atoms with Crippen molar-refractivity contribution in [1.29, 1.82) is 0 Å². The van der Waals surface area contributed by atoms with Gasteiger partial charge in [-0.1, -0.05) is 18.2 Å². The van der Waals surface area contributed by atoms with E-state index in [0.717, 1.165) is 17.0 Å². The molecular weight excluding hydrogens is 386 g/mol. The van der Waals surface area contributed by atoms with Gasteiger partial charge in [0.05, 0.1) is 5.92 Å². The van der Waals surface area contributed by atoms with Crippen LogP contribution in [-0.2, 0) is 20.6 Å². The van der Waals surface area contributed by atoms with Crippen molar-refractivity contribution in [1.82, 2.24) is 0 Å². The van der Waals surface area contributed by atoms with Gasteiger partial charge in [-0.25, -0.2) is 0 Å². The molecule has 7 nitrogen and oxygen atoms in total. The summed E-state index contributed by atoms with van der Waals surface area (Å²) in [4.78, 5) is 3.33. The maximum Gasteiger partial charge on any atom is 0.299 e. The molecule has 1 aromatic carbocycles. The van der Waals surface area contributed by atoms with Gasteiger partial charge in [0.2, 0.25) is 20.6 Å². The zero-order valence-electron chi connectivity index (χ0n) is 14.4. The van der Waals surface area contributed by atoms with E-state index in [0.29, 0.717) is 31.4 Å². The highest BCUT2D eigenvalue weighted by molar-refractivity contribution is 7.71. The van der Waals surface area contributed by atoms with E-state index in [9.17, 15) is 22.4 Å². The highest BCUT2D eigenvalue weighted by Gasteiger charge is 2.26. The number of benzene rings is 1. The second kappa shape index (κ2) is 10.4. The van der Waals surface area contributed by atoms with Crippen LogP contribution in [0.1, 0.15) is 25.7 Å². The van der Waals surface area contributed by atoms with Crippen molar-refractivity contribution in [2.45, 2.75) is 25.7 Å². The SMILES string of the molecule is [N-]=[N+]=C1C=C(CCC=S(=O)=O)C(Nc2ccccc2)=CC1CCC=S(=O)=O. The predicted molar refractivity (Wildman–Crippen MR) is 107 cm³/mol. The highest BCUT2D eigenvalue weighted by Crippen LogP contribution is 2.27. The van der Waals surface area contributed by atoms with Gasteiger partial charge in [0.1, 0.15) is 0 Å². The molecule has 1 aliphatic rings. The van der Waals surface area contributed by atoms with Gasteiger partial charge < -0.3 is 10.8 Å². The first-order valence-electron chi connectivity index (χ1n) is 8.29. The molecule has 0 heterocycles. The lowest BCUT2D eigenvalue weighted by atomic mass is 9.87. The summed E-state index contributed by atoms with van der Waals surface area (Å²) in [6, 6.07) is 9.47. The van der Waals surface area contributed by atoms with Gasteiger partial charge in [-0.3, -0.25) is 0 Å². The molecule has 0 radical (unpaired) electrons. The van der Waals surface area contributed by atoms with Crippen LogP contribution in [0.25, 0.3) is 5.53 Å². The van der Waals surface area contributed by atoms with Crippen molar-refractivity contribution in [2.24, 2.45) is 5.92 Å². The monoisotopic (exact) mass is 405 g/mol. The summed E-state index contributed by atoms with van der Waals surface area (Å²) in [5.41, 5.74) is 12.2. The van der Waals surface area contributed by atoms with Crippen LogP contribution in [0.3, 0.4) is 0 Å². The van der Waals surface area contributed by atoms with E-state index < -0.39 is 20.6 Å². The summed E-state index contributed by atoms with van der Waals surface area (Å²) in [6.07, 6.45) is 5.15. The third-order valence-electron chi connectivity index (χ3n) is 3.98. The first kappa shape index (κ1) is 20.6. The smallest absolute Gasteiger partial charge is 0.299 e. The topological polar surface area (TPSA) is 117 Å². The highest BCUT2D eigenvalue weighted by atomic mass is 32.2. The Morgan fingerprint density at radius 1 is 1.04 bits per heavy atom. The number of para-hydroxylation sites is 1. The molecule has 142 valence electrons. The molecule has 27 heavy (non-hydrogen) atoms. The fourth-order valence-corrected chi connectivity index (χ4v) is 3.39. The Hall–Kier alpha value is -2.74. The van der Waals surface area contributed by atoms with Crippen molar-refractivity contribution < 1.29 is 21.6 Å². The van der Waals surface area contributed by atoms with Crippen molar-refractivity contribution in [3.8, 4) is 0 Å². The van der Waals surface area contributed by atoms with Crippen LogP contribution in [0.2, 0.25) is 0 Å². The Labute approximate surface area is 160 Å². The van der Waals surface area contributed by atoms with Crippen LogP contribution in [0.4, 0.5) is 5.69 Å². The van der Waals surface area contributed by atoms with E-state index in [-0.39, 0.29) is 5.92 Å². The minimum atomic E-state index is -2.23. The minimum absolute atomic E-state index is 0.262. The van der Waals surface area contributed by atoms with Crippen LogP contribution >= 0.6 is 0 Å². The third kappa shape index (κ3) is 6.82. The van der Waals surface area contributed by atoms with Crippen molar-refractivity contribution in [3.63, 3.8) is 0 Å². The molecule has 0 spiro atoms. The molecule has 0 amide bonds. The lowest BCUT2D eigenvalue weighted by molar-refractivity contribution is -0.00947.